The molecular formula is C18H23N3O2S2. The number of nitrogens with one attached hydrogen (secondary N) is 2. The van der Waals surface area contributed by atoms with Gasteiger partial charge in [-0.1, -0.05) is 43.3 Å². The molecule has 0 spiro atoms. The maximum absolute atomic E-state index is 12.0. The first-order valence-electron chi connectivity index (χ1n) is 8.13. The SMILES string of the molecule is Cc1ccc(NC(=O)CSc2nc(CC(=O)NCC(C)C)cs2)cc1. The molecule has 2 N–H and O–H groups in total. The van der Waals surface area contributed by atoms with Gasteiger partial charge in [0.2, 0.25) is 11.8 Å². The lowest BCUT2D eigenvalue weighted by Crippen LogP contribution is -2.28. The standard InChI is InChI=1S/C18H23N3O2S2/c1-12(2)9-19-16(22)8-15-10-24-18(21-15)25-11-17(23)20-14-6-4-13(3)5-7-14/h4-7,10,12H,8-9,11H2,1-3H3,(H,19,22)(H,20,23). The van der Waals surface area contributed by atoms with Gasteiger partial charge in [0.25, 0.3) is 0 Å². The summed E-state index contributed by atoms with van der Waals surface area (Å²) >= 11 is 2.84. The Labute approximate surface area is 156 Å². The fraction of sp³-hybridized carbons (Fsp3) is 0.389. The second-order valence-corrected chi connectivity index (χ2v) is 8.26. The van der Waals surface area contributed by atoms with Crippen LogP contribution >= 0.6 is 23.1 Å². The predicted molar refractivity (Wildman–Crippen MR) is 104 cm³/mol. The third-order valence-electron chi connectivity index (χ3n) is 3.24. The highest BCUT2D eigenvalue weighted by Gasteiger charge is 2.10. The van der Waals surface area contributed by atoms with Crippen LogP contribution < -0.4 is 10.6 Å². The van der Waals surface area contributed by atoms with Crippen LogP contribution in [0, 0.1) is 12.8 Å². The molecule has 2 amide bonds. The quantitative estimate of drug-likeness (QED) is 0.691. The van der Waals surface area contributed by atoms with E-state index in [-0.39, 0.29) is 18.2 Å². The molecule has 2 rings (SSSR count). The van der Waals surface area contributed by atoms with E-state index < -0.39 is 0 Å². The number of hydrogen-bond acceptors (Lipinski definition) is 5. The Balaban J connectivity index is 1.76. The van der Waals surface area contributed by atoms with Crippen molar-refractivity contribution in [1.82, 2.24) is 10.3 Å². The Hall–Kier alpha value is -1.86. The van der Waals surface area contributed by atoms with Crippen LogP contribution in [0.5, 0.6) is 0 Å². The van der Waals surface area contributed by atoms with Crippen molar-refractivity contribution < 1.29 is 9.59 Å². The minimum absolute atomic E-state index is 0.0207. The Morgan fingerprint density at radius 1 is 1.20 bits per heavy atom. The van der Waals surface area contributed by atoms with E-state index >= 15 is 0 Å². The summed E-state index contributed by atoms with van der Waals surface area (Å²) in [6.45, 7) is 6.79. The van der Waals surface area contributed by atoms with Crippen molar-refractivity contribution in [2.75, 3.05) is 17.6 Å². The van der Waals surface area contributed by atoms with Crippen molar-refractivity contribution in [3.63, 3.8) is 0 Å². The number of aryl methyl sites for hydroxylation is 1. The Morgan fingerprint density at radius 2 is 1.92 bits per heavy atom. The summed E-state index contributed by atoms with van der Waals surface area (Å²) in [6.07, 6.45) is 0.277. The highest BCUT2D eigenvalue weighted by molar-refractivity contribution is 8.01. The molecule has 2 aromatic rings. The van der Waals surface area contributed by atoms with Gasteiger partial charge in [-0.05, 0) is 25.0 Å². The van der Waals surface area contributed by atoms with Crippen molar-refractivity contribution in [3.8, 4) is 0 Å². The molecule has 134 valence electrons. The van der Waals surface area contributed by atoms with Crippen molar-refractivity contribution in [2.24, 2.45) is 5.92 Å². The van der Waals surface area contributed by atoms with E-state index in [1.165, 1.54) is 23.1 Å². The number of rotatable bonds is 8. The summed E-state index contributed by atoms with van der Waals surface area (Å²) in [5, 5.41) is 7.60. The third-order valence-corrected chi connectivity index (χ3v) is 5.31. The number of anilines is 1. The van der Waals surface area contributed by atoms with Crippen molar-refractivity contribution in [1.29, 1.82) is 0 Å². The molecule has 0 aliphatic carbocycles. The zero-order chi connectivity index (χ0) is 18.2. The van der Waals surface area contributed by atoms with Crippen LogP contribution in [0.25, 0.3) is 0 Å². The molecule has 0 radical (unpaired) electrons. The number of amides is 2. The molecule has 0 atom stereocenters. The lowest BCUT2D eigenvalue weighted by Gasteiger charge is -2.06. The van der Waals surface area contributed by atoms with Crippen LogP contribution in [0.2, 0.25) is 0 Å². The summed E-state index contributed by atoms with van der Waals surface area (Å²) in [5.41, 5.74) is 2.69. The molecule has 0 saturated heterocycles. The van der Waals surface area contributed by atoms with Gasteiger partial charge in [0.1, 0.15) is 0 Å². The average molecular weight is 378 g/mol. The number of benzene rings is 1. The van der Waals surface area contributed by atoms with E-state index in [1.807, 2.05) is 36.6 Å². The lowest BCUT2D eigenvalue weighted by molar-refractivity contribution is -0.120. The van der Waals surface area contributed by atoms with Gasteiger partial charge in [0.15, 0.2) is 4.34 Å². The van der Waals surface area contributed by atoms with Crippen LogP contribution in [-0.2, 0) is 16.0 Å². The molecule has 0 saturated carbocycles. The maximum Gasteiger partial charge on any atom is 0.234 e. The summed E-state index contributed by atoms with van der Waals surface area (Å²) in [7, 11) is 0. The van der Waals surface area contributed by atoms with E-state index in [0.29, 0.717) is 18.2 Å². The zero-order valence-corrected chi connectivity index (χ0v) is 16.3. The molecule has 0 unspecified atom stereocenters. The molecule has 0 fully saturated rings. The fourth-order valence-electron chi connectivity index (χ4n) is 1.94. The first-order chi connectivity index (χ1) is 11.9. The molecule has 1 heterocycles. The summed E-state index contributed by atoms with van der Waals surface area (Å²) < 4.78 is 0.797. The topological polar surface area (TPSA) is 71.1 Å². The lowest BCUT2D eigenvalue weighted by atomic mass is 10.2. The van der Waals surface area contributed by atoms with Crippen LogP contribution in [0.3, 0.4) is 0 Å². The van der Waals surface area contributed by atoms with Gasteiger partial charge in [-0.15, -0.1) is 11.3 Å². The van der Waals surface area contributed by atoms with Crippen molar-refractivity contribution in [3.05, 3.63) is 40.9 Å². The van der Waals surface area contributed by atoms with E-state index in [1.54, 1.807) is 0 Å². The van der Waals surface area contributed by atoms with Gasteiger partial charge < -0.3 is 10.6 Å². The number of thioether (sulfide) groups is 1. The Bertz CT molecular complexity index is 711. The minimum atomic E-state index is -0.0692. The first kappa shape index (κ1) is 19.5. The maximum atomic E-state index is 12.0. The largest absolute Gasteiger partial charge is 0.356 e. The number of carbonyl (C=O) groups excluding carboxylic acids is 2. The predicted octanol–water partition coefficient (Wildman–Crippen LogP) is 3.50. The summed E-state index contributed by atoms with van der Waals surface area (Å²) in [6, 6.07) is 7.69. The molecule has 0 bridgehead atoms. The zero-order valence-electron chi connectivity index (χ0n) is 14.7. The van der Waals surface area contributed by atoms with Gasteiger partial charge in [-0.3, -0.25) is 9.59 Å². The van der Waals surface area contributed by atoms with Gasteiger partial charge in [-0.2, -0.15) is 0 Å². The number of aromatic nitrogens is 1. The molecule has 5 nitrogen and oxygen atoms in total. The number of carbonyl (C=O) groups is 2. The van der Waals surface area contributed by atoms with Crippen LogP contribution in [0.1, 0.15) is 25.1 Å². The van der Waals surface area contributed by atoms with E-state index in [0.717, 1.165) is 21.3 Å². The average Bonchev–Trinajstić information content (AvgIpc) is 3.00. The van der Waals surface area contributed by atoms with E-state index in [2.05, 4.69) is 29.5 Å². The van der Waals surface area contributed by atoms with Gasteiger partial charge in [0.05, 0.1) is 17.9 Å². The van der Waals surface area contributed by atoms with Crippen LogP contribution in [0.4, 0.5) is 5.69 Å². The normalized spacial score (nSPS) is 10.7. The number of hydrogen-bond donors (Lipinski definition) is 2. The first-order valence-corrected chi connectivity index (χ1v) is 9.99. The third kappa shape index (κ3) is 7.27. The van der Waals surface area contributed by atoms with E-state index in [9.17, 15) is 9.59 Å². The second-order valence-electron chi connectivity index (χ2n) is 6.18. The molecular weight excluding hydrogens is 354 g/mol. The Morgan fingerprint density at radius 3 is 2.60 bits per heavy atom. The molecule has 25 heavy (non-hydrogen) atoms. The van der Waals surface area contributed by atoms with Crippen LogP contribution in [0.15, 0.2) is 34.0 Å². The fourth-order valence-corrected chi connectivity index (χ4v) is 3.59. The molecule has 1 aromatic heterocycles. The smallest absolute Gasteiger partial charge is 0.234 e. The van der Waals surface area contributed by atoms with Crippen LogP contribution in [-0.4, -0.2) is 29.1 Å². The number of thiazole rings is 1. The highest BCUT2D eigenvalue weighted by atomic mass is 32.2. The summed E-state index contributed by atoms with van der Waals surface area (Å²) in [4.78, 5) is 28.2. The molecule has 0 aliphatic heterocycles. The Kier molecular flexibility index (Phi) is 7.46. The van der Waals surface area contributed by atoms with Gasteiger partial charge >= 0.3 is 0 Å². The van der Waals surface area contributed by atoms with Crippen molar-refractivity contribution in [2.45, 2.75) is 31.5 Å². The van der Waals surface area contributed by atoms with E-state index in [4.69, 9.17) is 0 Å². The second kappa shape index (κ2) is 9.58. The highest BCUT2D eigenvalue weighted by Crippen LogP contribution is 2.23. The van der Waals surface area contributed by atoms with Gasteiger partial charge in [0, 0.05) is 17.6 Å². The molecule has 1 aromatic carbocycles. The minimum Gasteiger partial charge on any atom is -0.356 e. The number of nitrogens with zero attached hydrogens (tertiary/aromatic N) is 1. The monoisotopic (exact) mass is 377 g/mol. The van der Waals surface area contributed by atoms with Crippen molar-refractivity contribution >= 4 is 40.6 Å². The van der Waals surface area contributed by atoms with Gasteiger partial charge in [-0.25, -0.2) is 4.98 Å². The molecule has 7 heteroatoms. The summed E-state index contributed by atoms with van der Waals surface area (Å²) in [5.74, 6) is 0.630. The molecule has 0 aliphatic rings.